The lowest BCUT2D eigenvalue weighted by Crippen LogP contribution is -2.05. The Morgan fingerprint density at radius 1 is 1.56 bits per heavy atom. The fraction of sp³-hybridized carbons (Fsp3) is 0.385. The maximum absolute atomic E-state index is 11.3. The zero-order valence-corrected chi connectivity index (χ0v) is 11.9. The Bertz CT molecular complexity index is 486. The molecule has 0 bridgehead atoms. The standard InChI is InChI=1S/C13H16N2OS2/c1-9(16)10-3-4-12-11(7-10)15-13(8-18-12)17-6-2-5-14/h3-4,7H,2,5-6,8,14H2,1H3. The predicted molar refractivity (Wildman–Crippen MR) is 80.4 cm³/mol. The lowest BCUT2D eigenvalue weighted by Gasteiger charge is -2.15. The first-order valence-corrected chi connectivity index (χ1v) is 7.86. The van der Waals surface area contributed by atoms with E-state index < -0.39 is 0 Å². The molecular formula is C13H16N2OS2. The van der Waals surface area contributed by atoms with Gasteiger partial charge in [0.05, 0.1) is 10.7 Å². The van der Waals surface area contributed by atoms with Gasteiger partial charge in [0, 0.05) is 22.0 Å². The zero-order chi connectivity index (χ0) is 13.0. The first-order chi connectivity index (χ1) is 8.70. The number of aliphatic imine (C=N–C) groups is 1. The summed E-state index contributed by atoms with van der Waals surface area (Å²) in [5.41, 5.74) is 7.13. The van der Waals surface area contributed by atoms with Crippen LogP contribution in [0, 0.1) is 0 Å². The maximum Gasteiger partial charge on any atom is 0.159 e. The molecule has 1 heterocycles. The lowest BCUT2D eigenvalue weighted by molar-refractivity contribution is 0.101. The molecule has 2 N–H and O–H groups in total. The van der Waals surface area contributed by atoms with Gasteiger partial charge >= 0.3 is 0 Å². The van der Waals surface area contributed by atoms with Crippen molar-refractivity contribution in [2.75, 3.05) is 18.1 Å². The number of Topliss-reactive ketones (excluding diaryl/α,β-unsaturated/α-hetero) is 1. The van der Waals surface area contributed by atoms with Crippen LogP contribution < -0.4 is 5.73 Å². The highest BCUT2D eigenvalue weighted by Gasteiger charge is 2.14. The third kappa shape index (κ3) is 3.37. The van der Waals surface area contributed by atoms with Crippen molar-refractivity contribution in [1.29, 1.82) is 0 Å². The second-order valence-electron chi connectivity index (χ2n) is 4.02. The molecule has 0 radical (unpaired) electrons. The molecule has 0 unspecified atom stereocenters. The largest absolute Gasteiger partial charge is 0.330 e. The van der Waals surface area contributed by atoms with E-state index in [2.05, 4.69) is 4.99 Å². The van der Waals surface area contributed by atoms with Gasteiger partial charge in [-0.25, -0.2) is 4.99 Å². The van der Waals surface area contributed by atoms with E-state index in [0.717, 1.165) is 45.7 Å². The van der Waals surface area contributed by atoms with Crippen LogP contribution >= 0.6 is 23.5 Å². The summed E-state index contributed by atoms with van der Waals surface area (Å²) in [7, 11) is 0. The summed E-state index contributed by atoms with van der Waals surface area (Å²) in [5.74, 6) is 2.01. The first-order valence-electron chi connectivity index (χ1n) is 5.89. The normalized spacial score (nSPS) is 14.0. The van der Waals surface area contributed by atoms with Crippen LogP contribution in [0.3, 0.4) is 0 Å². The molecule has 2 rings (SSSR count). The van der Waals surface area contributed by atoms with Crippen molar-refractivity contribution in [3.8, 4) is 0 Å². The summed E-state index contributed by atoms with van der Waals surface area (Å²) in [6.07, 6.45) is 1.01. The molecular weight excluding hydrogens is 264 g/mol. The Kier molecular flexibility index (Phi) is 4.86. The van der Waals surface area contributed by atoms with E-state index in [-0.39, 0.29) is 5.78 Å². The van der Waals surface area contributed by atoms with E-state index in [1.807, 2.05) is 18.2 Å². The summed E-state index contributed by atoms with van der Waals surface area (Å²) in [4.78, 5) is 17.1. The number of carbonyl (C=O) groups excluding carboxylic acids is 1. The number of benzene rings is 1. The number of hydrogen-bond acceptors (Lipinski definition) is 5. The molecule has 0 aromatic heterocycles. The Morgan fingerprint density at radius 2 is 2.39 bits per heavy atom. The fourth-order valence-corrected chi connectivity index (χ4v) is 3.58. The molecule has 0 spiro atoms. The van der Waals surface area contributed by atoms with Gasteiger partial charge in [-0.05, 0) is 32.0 Å². The van der Waals surface area contributed by atoms with Crippen LogP contribution in [-0.4, -0.2) is 28.9 Å². The molecule has 5 heteroatoms. The van der Waals surface area contributed by atoms with Crippen molar-refractivity contribution in [3.05, 3.63) is 23.8 Å². The molecule has 1 aliphatic heterocycles. The number of rotatable bonds is 4. The topological polar surface area (TPSA) is 55.5 Å². The van der Waals surface area contributed by atoms with Crippen molar-refractivity contribution in [2.45, 2.75) is 18.2 Å². The minimum absolute atomic E-state index is 0.0842. The van der Waals surface area contributed by atoms with Crippen LogP contribution in [0.25, 0.3) is 0 Å². The van der Waals surface area contributed by atoms with Gasteiger partial charge in [-0.2, -0.15) is 0 Å². The molecule has 0 saturated carbocycles. The minimum Gasteiger partial charge on any atom is -0.330 e. The number of carbonyl (C=O) groups is 1. The van der Waals surface area contributed by atoms with E-state index >= 15 is 0 Å². The highest BCUT2D eigenvalue weighted by atomic mass is 32.2. The summed E-state index contributed by atoms with van der Waals surface area (Å²) >= 11 is 3.55. The van der Waals surface area contributed by atoms with Gasteiger partial charge in [0.1, 0.15) is 0 Å². The van der Waals surface area contributed by atoms with E-state index in [0.29, 0.717) is 0 Å². The smallest absolute Gasteiger partial charge is 0.159 e. The van der Waals surface area contributed by atoms with Crippen molar-refractivity contribution < 1.29 is 4.79 Å². The molecule has 96 valence electrons. The third-order valence-corrected chi connectivity index (χ3v) is 4.90. The monoisotopic (exact) mass is 280 g/mol. The summed E-state index contributed by atoms with van der Waals surface area (Å²) < 4.78 is 0. The number of nitrogens with zero attached hydrogens (tertiary/aromatic N) is 1. The van der Waals surface area contributed by atoms with Crippen LogP contribution in [0.15, 0.2) is 28.1 Å². The second kappa shape index (κ2) is 6.41. The van der Waals surface area contributed by atoms with Crippen LogP contribution in [-0.2, 0) is 0 Å². The van der Waals surface area contributed by atoms with E-state index in [4.69, 9.17) is 5.73 Å². The highest BCUT2D eigenvalue weighted by molar-refractivity contribution is 8.16. The van der Waals surface area contributed by atoms with Gasteiger partial charge in [-0.15, -0.1) is 23.5 Å². The SMILES string of the molecule is CC(=O)c1ccc2c(c1)N=C(SCCCN)CS2. The van der Waals surface area contributed by atoms with Gasteiger partial charge in [-0.1, -0.05) is 6.07 Å². The molecule has 1 aromatic rings. The Balaban J connectivity index is 2.15. The summed E-state index contributed by atoms with van der Waals surface area (Å²) in [6, 6.07) is 5.74. The number of ketones is 1. The Morgan fingerprint density at radius 3 is 3.11 bits per heavy atom. The Hall–Kier alpha value is -0.780. The van der Waals surface area contributed by atoms with Crippen molar-refractivity contribution in [2.24, 2.45) is 10.7 Å². The van der Waals surface area contributed by atoms with Crippen molar-refractivity contribution in [1.82, 2.24) is 0 Å². The van der Waals surface area contributed by atoms with Gasteiger partial charge in [0.2, 0.25) is 0 Å². The van der Waals surface area contributed by atoms with Crippen LogP contribution in [0.5, 0.6) is 0 Å². The number of fused-ring (bicyclic) bond motifs is 1. The third-order valence-electron chi connectivity index (χ3n) is 2.58. The van der Waals surface area contributed by atoms with Crippen molar-refractivity contribution >= 4 is 40.0 Å². The maximum atomic E-state index is 11.3. The fourth-order valence-electron chi connectivity index (χ4n) is 1.60. The quantitative estimate of drug-likeness (QED) is 0.680. The molecule has 3 nitrogen and oxygen atoms in total. The van der Waals surface area contributed by atoms with Gasteiger partial charge < -0.3 is 5.73 Å². The lowest BCUT2D eigenvalue weighted by atomic mass is 10.1. The van der Waals surface area contributed by atoms with E-state index in [1.165, 1.54) is 0 Å². The number of nitrogens with two attached hydrogens (primary N) is 1. The van der Waals surface area contributed by atoms with Gasteiger partial charge in [0.15, 0.2) is 5.78 Å². The van der Waals surface area contributed by atoms with E-state index in [9.17, 15) is 4.79 Å². The number of hydrogen-bond donors (Lipinski definition) is 1. The Labute approximate surface area is 116 Å². The first kappa shape index (κ1) is 13.6. The second-order valence-corrected chi connectivity index (χ2v) is 6.21. The molecule has 1 aromatic carbocycles. The molecule has 0 saturated heterocycles. The average molecular weight is 280 g/mol. The summed E-state index contributed by atoms with van der Waals surface area (Å²) in [6.45, 7) is 2.30. The van der Waals surface area contributed by atoms with E-state index in [1.54, 1.807) is 30.4 Å². The van der Waals surface area contributed by atoms with Gasteiger partial charge in [-0.3, -0.25) is 4.79 Å². The molecule has 18 heavy (non-hydrogen) atoms. The summed E-state index contributed by atoms with van der Waals surface area (Å²) in [5, 5.41) is 1.13. The zero-order valence-electron chi connectivity index (χ0n) is 10.3. The van der Waals surface area contributed by atoms with Crippen LogP contribution in [0.1, 0.15) is 23.7 Å². The number of thioether (sulfide) groups is 2. The van der Waals surface area contributed by atoms with Gasteiger partial charge in [0.25, 0.3) is 0 Å². The molecule has 1 aliphatic rings. The van der Waals surface area contributed by atoms with Crippen LogP contribution in [0.4, 0.5) is 5.69 Å². The molecule has 0 amide bonds. The average Bonchev–Trinajstić information content (AvgIpc) is 2.38. The van der Waals surface area contributed by atoms with Crippen LogP contribution in [0.2, 0.25) is 0 Å². The molecule has 0 fully saturated rings. The molecule has 0 atom stereocenters. The minimum atomic E-state index is 0.0842. The predicted octanol–water partition coefficient (Wildman–Crippen LogP) is 3.11. The molecule has 0 aliphatic carbocycles. The van der Waals surface area contributed by atoms with Crippen molar-refractivity contribution in [3.63, 3.8) is 0 Å². The highest BCUT2D eigenvalue weighted by Crippen LogP contribution is 2.36.